The third-order valence-corrected chi connectivity index (χ3v) is 0.698. The molecule has 0 saturated heterocycles. The summed E-state index contributed by atoms with van der Waals surface area (Å²) in [7, 11) is 0. The summed E-state index contributed by atoms with van der Waals surface area (Å²) >= 11 is 4.63. The van der Waals surface area contributed by atoms with Crippen molar-refractivity contribution in [1.82, 2.24) is 0 Å². The SMILES string of the molecule is C.CC(Cl)C(F)(F)F. The molecule has 0 aliphatic carbocycles. The average Bonchev–Trinajstić information content (AvgIpc) is 1.31. The van der Waals surface area contributed by atoms with Gasteiger partial charge in [0.2, 0.25) is 0 Å². The molecule has 0 aromatic rings. The Labute approximate surface area is 51.6 Å². The second-order valence-electron chi connectivity index (χ2n) is 1.16. The van der Waals surface area contributed by atoms with E-state index in [-0.39, 0.29) is 7.43 Å². The quantitative estimate of drug-likeness (QED) is 0.464. The van der Waals surface area contributed by atoms with Gasteiger partial charge in [0.15, 0.2) is 0 Å². The molecule has 52 valence electrons. The van der Waals surface area contributed by atoms with Crippen LogP contribution in [0.1, 0.15) is 14.4 Å². The highest BCUT2D eigenvalue weighted by Crippen LogP contribution is 2.23. The minimum Gasteiger partial charge on any atom is -0.169 e. The normalized spacial score (nSPS) is 14.6. The van der Waals surface area contributed by atoms with Crippen molar-refractivity contribution >= 4 is 11.6 Å². The van der Waals surface area contributed by atoms with E-state index < -0.39 is 11.6 Å². The molecular formula is C4H8ClF3. The largest absolute Gasteiger partial charge is 0.404 e. The van der Waals surface area contributed by atoms with Crippen LogP contribution in [0.5, 0.6) is 0 Å². The predicted octanol–water partition coefficient (Wildman–Crippen LogP) is 2.81. The van der Waals surface area contributed by atoms with Gasteiger partial charge in [-0.3, -0.25) is 0 Å². The zero-order chi connectivity index (χ0) is 6.08. The summed E-state index contributed by atoms with van der Waals surface area (Å²) in [6, 6.07) is 0. The Morgan fingerprint density at radius 1 is 1.38 bits per heavy atom. The van der Waals surface area contributed by atoms with Gasteiger partial charge in [-0.25, -0.2) is 0 Å². The highest BCUT2D eigenvalue weighted by atomic mass is 35.5. The Morgan fingerprint density at radius 3 is 1.50 bits per heavy atom. The zero-order valence-electron chi connectivity index (χ0n) is 3.59. The first kappa shape index (κ1) is 11.0. The molecule has 8 heavy (non-hydrogen) atoms. The average molecular weight is 149 g/mol. The summed E-state index contributed by atoms with van der Waals surface area (Å²) in [5, 5.41) is -1.73. The van der Waals surface area contributed by atoms with Crippen molar-refractivity contribution in [3.05, 3.63) is 0 Å². The minimum absolute atomic E-state index is 0. The standard InChI is InChI=1S/C3H4ClF3.CH4/c1-2(4)3(5,6)7;/h2H,1H3;1H4. The van der Waals surface area contributed by atoms with E-state index in [4.69, 9.17) is 0 Å². The molecule has 0 radical (unpaired) electrons. The fraction of sp³-hybridized carbons (Fsp3) is 1.00. The Morgan fingerprint density at radius 2 is 1.50 bits per heavy atom. The van der Waals surface area contributed by atoms with Gasteiger partial charge in [-0.15, -0.1) is 11.6 Å². The molecule has 0 aliphatic heterocycles. The third-order valence-electron chi connectivity index (χ3n) is 0.451. The first-order valence-electron chi connectivity index (χ1n) is 1.65. The van der Waals surface area contributed by atoms with Gasteiger partial charge < -0.3 is 0 Å². The smallest absolute Gasteiger partial charge is 0.169 e. The van der Waals surface area contributed by atoms with E-state index in [9.17, 15) is 13.2 Å². The Balaban J connectivity index is 0. The Bertz CT molecular complexity index is 56.8. The predicted molar refractivity (Wildman–Crippen MR) is 28.1 cm³/mol. The molecule has 4 heteroatoms. The van der Waals surface area contributed by atoms with Crippen molar-refractivity contribution < 1.29 is 13.2 Å². The molecule has 0 saturated carbocycles. The lowest BCUT2D eigenvalue weighted by Gasteiger charge is -2.05. The summed E-state index contributed by atoms with van der Waals surface area (Å²) in [4.78, 5) is 0. The third kappa shape index (κ3) is 4.24. The van der Waals surface area contributed by atoms with E-state index >= 15 is 0 Å². The maximum absolute atomic E-state index is 11.0. The van der Waals surface area contributed by atoms with Crippen LogP contribution in [0.3, 0.4) is 0 Å². The maximum atomic E-state index is 11.0. The molecule has 1 atom stereocenters. The maximum Gasteiger partial charge on any atom is 0.404 e. The van der Waals surface area contributed by atoms with E-state index in [1.165, 1.54) is 0 Å². The summed E-state index contributed by atoms with van der Waals surface area (Å²) in [5.41, 5.74) is 0. The highest BCUT2D eigenvalue weighted by Gasteiger charge is 2.33. The molecule has 0 spiro atoms. The van der Waals surface area contributed by atoms with Gasteiger partial charge in [0, 0.05) is 0 Å². The number of halogens is 4. The molecular weight excluding hydrogens is 140 g/mol. The van der Waals surface area contributed by atoms with Crippen molar-refractivity contribution in [2.75, 3.05) is 0 Å². The van der Waals surface area contributed by atoms with E-state index in [0.717, 1.165) is 6.92 Å². The van der Waals surface area contributed by atoms with Crippen molar-refractivity contribution in [3.63, 3.8) is 0 Å². The van der Waals surface area contributed by atoms with Gasteiger partial charge in [0.1, 0.15) is 5.38 Å². The Kier molecular flexibility index (Phi) is 4.35. The molecule has 0 N–H and O–H groups in total. The molecule has 0 nitrogen and oxygen atoms in total. The second-order valence-corrected chi connectivity index (χ2v) is 1.81. The van der Waals surface area contributed by atoms with Crippen molar-refractivity contribution in [2.24, 2.45) is 0 Å². The molecule has 0 heterocycles. The molecule has 0 bridgehead atoms. The van der Waals surface area contributed by atoms with Gasteiger partial charge in [0.05, 0.1) is 0 Å². The molecule has 0 aromatic heterocycles. The Hall–Kier alpha value is 0.0800. The van der Waals surface area contributed by atoms with Crippen molar-refractivity contribution in [3.8, 4) is 0 Å². The summed E-state index contributed by atoms with van der Waals surface area (Å²) in [6.07, 6.45) is -4.23. The van der Waals surface area contributed by atoms with Crippen LogP contribution >= 0.6 is 11.6 Å². The molecule has 1 unspecified atom stereocenters. The van der Waals surface area contributed by atoms with Crippen LogP contribution in [-0.2, 0) is 0 Å². The van der Waals surface area contributed by atoms with Gasteiger partial charge in [-0.05, 0) is 6.92 Å². The second kappa shape index (κ2) is 3.17. The first-order chi connectivity index (χ1) is 2.94. The lowest BCUT2D eigenvalue weighted by Crippen LogP contribution is -2.19. The molecule has 0 amide bonds. The molecule has 0 rings (SSSR count). The number of hydrogen-bond acceptors (Lipinski definition) is 0. The number of hydrogen-bond donors (Lipinski definition) is 0. The van der Waals surface area contributed by atoms with E-state index in [0.29, 0.717) is 0 Å². The van der Waals surface area contributed by atoms with Gasteiger partial charge in [-0.1, -0.05) is 7.43 Å². The van der Waals surface area contributed by atoms with Crippen LogP contribution in [0.25, 0.3) is 0 Å². The lowest BCUT2D eigenvalue weighted by atomic mass is 10.5. The number of alkyl halides is 4. The highest BCUT2D eigenvalue weighted by molar-refractivity contribution is 6.20. The topological polar surface area (TPSA) is 0 Å². The molecule has 0 aromatic carbocycles. The fourth-order valence-corrected chi connectivity index (χ4v) is 0. The summed E-state index contributed by atoms with van der Waals surface area (Å²) in [6.45, 7) is 0.890. The fourth-order valence-electron chi connectivity index (χ4n) is 0. The molecule has 0 aliphatic rings. The summed E-state index contributed by atoms with van der Waals surface area (Å²) in [5.74, 6) is 0. The monoisotopic (exact) mass is 148 g/mol. The van der Waals surface area contributed by atoms with Crippen LogP contribution in [0.2, 0.25) is 0 Å². The van der Waals surface area contributed by atoms with E-state index in [1.54, 1.807) is 0 Å². The van der Waals surface area contributed by atoms with Crippen molar-refractivity contribution in [2.45, 2.75) is 25.9 Å². The van der Waals surface area contributed by atoms with Crippen LogP contribution in [0.4, 0.5) is 13.2 Å². The molecule has 0 fully saturated rings. The van der Waals surface area contributed by atoms with Gasteiger partial charge in [0.25, 0.3) is 0 Å². The van der Waals surface area contributed by atoms with Crippen LogP contribution in [0, 0.1) is 0 Å². The van der Waals surface area contributed by atoms with Crippen LogP contribution < -0.4 is 0 Å². The van der Waals surface area contributed by atoms with E-state index in [1.807, 2.05) is 0 Å². The van der Waals surface area contributed by atoms with Crippen molar-refractivity contribution in [1.29, 1.82) is 0 Å². The van der Waals surface area contributed by atoms with Gasteiger partial charge in [-0.2, -0.15) is 13.2 Å². The van der Waals surface area contributed by atoms with Crippen LogP contribution in [-0.4, -0.2) is 11.6 Å². The van der Waals surface area contributed by atoms with E-state index in [2.05, 4.69) is 11.6 Å². The van der Waals surface area contributed by atoms with Crippen LogP contribution in [0.15, 0.2) is 0 Å². The van der Waals surface area contributed by atoms with Gasteiger partial charge >= 0.3 is 6.18 Å². The zero-order valence-corrected chi connectivity index (χ0v) is 4.35. The minimum atomic E-state index is -4.23. The summed E-state index contributed by atoms with van der Waals surface area (Å²) < 4.78 is 33.1. The number of rotatable bonds is 0. The first-order valence-corrected chi connectivity index (χ1v) is 2.09. The lowest BCUT2D eigenvalue weighted by molar-refractivity contribution is -0.127.